The summed E-state index contributed by atoms with van der Waals surface area (Å²) in [5.74, 6) is 0.136. The van der Waals surface area contributed by atoms with Gasteiger partial charge in [-0.15, -0.1) is 13.2 Å². The molecule has 0 aromatic carbocycles. The molecule has 1 aliphatic carbocycles. The molecule has 0 spiro atoms. The smallest absolute Gasteiger partial charge is 0.350 e. The molecule has 0 amide bonds. The predicted octanol–water partition coefficient (Wildman–Crippen LogP) is 0.128. The number of aliphatic hydroxyl groups is 2. The average molecular weight is 311 g/mol. The summed E-state index contributed by atoms with van der Waals surface area (Å²) in [7, 11) is 0. The van der Waals surface area contributed by atoms with E-state index in [1.807, 2.05) is 0 Å². The SMILES string of the molecule is C=P(C)(C)CCC1=CC(n2ccc(N)nc2=O)[C@H](O)[C@@H]1O. The zero-order chi connectivity index (χ0) is 15.8. The Morgan fingerprint density at radius 1 is 1.48 bits per heavy atom. The van der Waals surface area contributed by atoms with Gasteiger partial charge in [-0.05, 0) is 37.6 Å². The molecule has 7 heteroatoms. The molecule has 0 fully saturated rings. The molecule has 0 bridgehead atoms. The van der Waals surface area contributed by atoms with Gasteiger partial charge in [-0.25, -0.2) is 4.79 Å². The Labute approximate surface area is 123 Å². The van der Waals surface area contributed by atoms with E-state index in [0.29, 0.717) is 6.42 Å². The third kappa shape index (κ3) is 3.64. The molecule has 1 aliphatic rings. The summed E-state index contributed by atoms with van der Waals surface area (Å²) in [4.78, 5) is 15.5. The number of hydrogen-bond acceptors (Lipinski definition) is 5. The van der Waals surface area contributed by atoms with Crippen molar-refractivity contribution in [2.75, 3.05) is 25.2 Å². The minimum atomic E-state index is -1.20. The third-order valence-corrected chi connectivity index (χ3v) is 5.05. The number of rotatable bonds is 4. The molecule has 21 heavy (non-hydrogen) atoms. The second-order valence-corrected chi connectivity index (χ2v) is 10.4. The number of aromatic nitrogens is 2. The Balaban J connectivity index is 2.26. The summed E-state index contributed by atoms with van der Waals surface area (Å²) in [5, 5.41) is 20.3. The van der Waals surface area contributed by atoms with Gasteiger partial charge >= 0.3 is 5.69 Å². The van der Waals surface area contributed by atoms with Gasteiger partial charge in [-0.2, -0.15) is 4.98 Å². The van der Waals surface area contributed by atoms with Gasteiger partial charge in [0.1, 0.15) is 18.0 Å². The zero-order valence-corrected chi connectivity index (χ0v) is 13.2. The van der Waals surface area contributed by atoms with E-state index in [2.05, 4.69) is 24.6 Å². The van der Waals surface area contributed by atoms with Crippen LogP contribution in [0.1, 0.15) is 12.5 Å². The largest absolute Gasteiger partial charge is 0.388 e. The Bertz CT molecular complexity index is 662. The number of anilines is 1. The molecule has 1 aromatic rings. The van der Waals surface area contributed by atoms with Crippen LogP contribution in [0.4, 0.5) is 5.82 Å². The summed E-state index contributed by atoms with van der Waals surface area (Å²) < 4.78 is 1.29. The standard InChI is InChI=1S/C14H22N3O3P/c1-21(2,3)7-5-9-8-10(13(19)12(9)18)17-6-4-11(15)16-14(17)20/h4,6,8,10,12-13,18-19H,1,5,7H2,2-3H3,(H2,15,16,20)/t10?,12-,13+/m1/s1. The molecule has 1 heterocycles. The molecule has 2 rings (SSSR count). The Morgan fingerprint density at radius 2 is 2.14 bits per heavy atom. The topological polar surface area (TPSA) is 101 Å². The van der Waals surface area contributed by atoms with Crippen molar-refractivity contribution in [3.63, 3.8) is 0 Å². The molecule has 0 saturated carbocycles. The van der Waals surface area contributed by atoms with Crippen molar-refractivity contribution in [2.45, 2.75) is 24.7 Å². The fraction of sp³-hybridized carbons (Fsp3) is 0.500. The Hall–Kier alpha value is -1.36. The monoisotopic (exact) mass is 311 g/mol. The maximum absolute atomic E-state index is 11.8. The van der Waals surface area contributed by atoms with Crippen LogP contribution in [0.15, 0.2) is 28.7 Å². The number of nitrogens with two attached hydrogens (primary N) is 1. The first kappa shape index (κ1) is 16.0. The van der Waals surface area contributed by atoms with Crippen molar-refractivity contribution >= 4 is 19.0 Å². The maximum atomic E-state index is 11.8. The fourth-order valence-electron chi connectivity index (χ4n) is 2.38. The predicted molar refractivity (Wildman–Crippen MR) is 87.4 cm³/mol. The van der Waals surface area contributed by atoms with E-state index in [4.69, 9.17) is 5.73 Å². The normalized spacial score (nSPS) is 25.9. The van der Waals surface area contributed by atoms with E-state index in [1.54, 1.807) is 6.08 Å². The third-order valence-electron chi connectivity index (χ3n) is 3.62. The average Bonchev–Trinajstić information content (AvgIpc) is 2.64. The first-order chi connectivity index (χ1) is 9.69. The van der Waals surface area contributed by atoms with E-state index in [1.165, 1.54) is 16.8 Å². The lowest BCUT2D eigenvalue weighted by Crippen LogP contribution is -2.35. The van der Waals surface area contributed by atoms with Crippen LogP contribution in [0.25, 0.3) is 0 Å². The molecule has 3 atom stereocenters. The second-order valence-electron chi connectivity index (χ2n) is 6.12. The van der Waals surface area contributed by atoms with E-state index >= 15 is 0 Å². The summed E-state index contributed by atoms with van der Waals surface area (Å²) in [5.41, 5.74) is 5.68. The van der Waals surface area contributed by atoms with Gasteiger partial charge in [-0.3, -0.25) is 4.57 Å². The molecule has 1 unspecified atom stereocenters. The van der Waals surface area contributed by atoms with E-state index in [9.17, 15) is 15.0 Å². The lowest BCUT2D eigenvalue weighted by Gasteiger charge is -2.19. The Morgan fingerprint density at radius 3 is 2.71 bits per heavy atom. The highest BCUT2D eigenvalue weighted by molar-refractivity contribution is 7.72. The highest BCUT2D eigenvalue weighted by Gasteiger charge is 2.35. The van der Waals surface area contributed by atoms with Gasteiger partial charge in [0.05, 0.1) is 6.04 Å². The highest BCUT2D eigenvalue weighted by atomic mass is 31.2. The quantitative estimate of drug-likeness (QED) is 0.542. The second kappa shape index (κ2) is 5.79. The Kier molecular flexibility index (Phi) is 4.42. The maximum Gasteiger partial charge on any atom is 0.350 e. The van der Waals surface area contributed by atoms with Gasteiger partial charge in [0.25, 0.3) is 0 Å². The first-order valence-electron chi connectivity index (χ1n) is 6.78. The van der Waals surface area contributed by atoms with Crippen molar-refractivity contribution in [3.8, 4) is 0 Å². The van der Waals surface area contributed by atoms with Crippen LogP contribution in [0.2, 0.25) is 0 Å². The molecule has 0 saturated heterocycles. The van der Waals surface area contributed by atoms with Gasteiger partial charge in [0.2, 0.25) is 0 Å². The lowest BCUT2D eigenvalue weighted by atomic mass is 10.1. The van der Waals surface area contributed by atoms with Crippen LogP contribution in [-0.2, 0) is 0 Å². The van der Waals surface area contributed by atoms with Crippen molar-refractivity contribution in [1.82, 2.24) is 9.55 Å². The zero-order valence-electron chi connectivity index (χ0n) is 12.3. The van der Waals surface area contributed by atoms with Crippen molar-refractivity contribution < 1.29 is 10.2 Å². The molecular formula is C14H22N3O3P. The van der Waals surface area contributed by atoms with Gasteiger partial charge in [0, 0.05) is 6.20 Å². The number of hydrogen-bond donors (Lipinski definition) is 3. The molecule has 4 N–H and O–H groups in total. The van der Waals surface area contributed by atoms with Gasteiger partial charge in [-0.1, -0.05) is 6.08 Å². The summed E-state index contributed by atoms with van der Waals surface area (Å²) in [6.07, 6.45) is 6.95. The molecule has 116 valence electrons. The van der Waals surface area contributed by atoms with Crippen molar-refractivity contribution in [3.05, 3.63) is 34.4 Å². The summed E-state index contributed by atoms with van der Waals surface area (Å²) in [6.45, 7) is 3.04. The number of nitrogen functional groups attached to an aromatic ring is 1. The highest BCUT2D eigenvalue weighted by Crippen LogP contribution is 2.39. The summed E-state index contributed by atoms with van der Waals surface area (Å²) in [6, 6.07) is 0.888. The summed E-state index contributed by atoms with van der Waals surface area (Å²) >= 11 is 0. The van der Waals surface area contributed by atoms with E-state index < -0.39 is 30.8 Å². The van der Waals surface area contributed by atoms with Crippen LogP contribution in [0.5, 0.6) is 0 Å². The van der Waals surface area contributed by atoms with Crippen LogP contribution in [-0.4, -0.2) is 57.8 Å². The molecular weight excluding hydrogens is 289 g/mol. The molecule has 6 nitrogen and oxygen atoms in total. The molecule has 0 aliphatic heterocycles. The minimum Gasteiger partial charge on any atom is -0.388 e. The minimum absolute atomic E-state index is 0.136. The number of nitrogens with zero attached hydrogens (tertiary/aromatic N) is 2. The lowest BCUT2D eigenvalue weighted by molar-refractivity contribution is 0.0302. The van der Waals surface area contributed by atoms with Crippen LogP contribution in [0.3, 0.4) is 0 Å². The van der Waals surface area contributed by atoms with Crippen molar-refractivity contribution in [1.29, 1.82) is 0 Å². The first-order valence-corrected chi connectivity index (χ1v) is 9.83. The van der Waals surface area contributed by atoms with Gasteiger partial charge < -0.3 is 15.9 Å². The van der Waals surface area contributed by atoms with Crippen LogP contribution in [0, 0.1) is 0 Å². The molecule has 1 aromatic heterocycles. The van der Waals surface area contributed by atoms with Crippen LogP contribution < -0.4 is 11.4 Å². The fourth-order valence-corrected chi connectivity index (χ4v) is 3.25. The van der Waals surface area contributed by atoms with E-state index in [-0.39, 0.29) is 5.82 Å². The van der Waals surface area contributed by atoms with E-state index in [0.717, 1.165) is 11.7 Å². The van der Waals surface area contributed by atoms with Crippen LogP contribution >= 0.6 is 6.89 Å². The number of aliphatic hydroxyl groups excluding tert-OH is 2. The molecule has 0 radical (unpaired) electrons. The van der Waals surface area contributed by atoms with Crippen molar-refractivity contribution in [2.24, 2.45) is 0 Å². The van der Waals surface area contributed by atoms with Gasteiger partial charge in [0.15, 0.2) is 0 Å².